The molecule has 9 heteroatoms. The summed E-state index contributed by atoms with van der Waals surface area (Å²) in [5, 5.41) is 11.1. The number of aryl methyl sites for hydroxylation is 1. The molecule has 2 aromatic heterocycles. The zero-order valence-corrected chi connectivity index (χ0v) is 17.2. The maximum absolute atomic E-state index is 14.0. The van der Waals surface area contributed by atoms with Crippen molar-refractivity contribution >= 4 is 34.9 Å². The molecular formula is C21H15Cl2FN4O2. The molecule has 0 aliphatic carbocycles. The van der Waals surface area contributed by atoms with Crippen molar-refractivity contribution in [3.8, 4) is 11.3 Å². The molecule has 0 bridgehead atoms. The van der Waals surface area contributed by atoms with E-state index in [1.54, 1.807) is 6.07 Å². The van der Waals surface area contributed by atoms with Crippen LogP contribution in [0.25, 0.3) is 11.3 Å². The van der Waals surface area contributed by atoms with E-state index in [0.717, 1.165) is 11.1 Å². The molecule has 0 unspecified atom stereocenters. The Morgan fingerprint density at radius 3 is 2.67 bits per heavy atom. The molecule has 1 amide bonds. The molecule has 6 nitrogen and oxygen atoms in total. The van der Waals surface area contributed by atoms with Crippen LogP contribution in [-0.4, -0.2) is 20.8 Å². The zero-order valence-electron chi connectivity index (χ0n) is 15.7. The average Bonchev–Trinajstić information content (AvgIpc) is 3.33. The Bertz CT molecular complexity index is 1200. The highest BCUT2D eigenvalue weighted by atomic mass is 35.5. The van der Waals surface area contributed by atoms with Crippen LogP contribution in [0.3, 0.4) is 0 Å². The van der Waals surface area contributed by atoms with E-state index in [0.29, 0.717) is 5.76 Å². The van der Waals surface area contributed by atoms with Crippen molar-refractivity contribution in [2.24, 2.45) is 0 Å². The fourth-order valence-corrected chi connectivity index (χ4v) is 3.24. The Labute approximate surface area is 181 Å². The number of rotatable bonds is 5. The van der Waals surface area contributed by atoms with Gasteiger partial charge in [0.1, 0.15) is 10.8 Å². The van der Waals surface area contributed by atoms with Crippen molar-refractivity contribution in [2.75, 3.05) is 5.32 Å². The van der Waals surface area contributed by atoms with Crippen molar-refractivity contribution < 1.29 is 13.7 Å². The topological polar surface area (TPSA) is 73.0 Å². The fourth-order valence-electron chi connectivity index (χ4n) is 2.82. The highest BCUT2D eigenvalue weighted by Gasteiger charge is 2.18. The number of benzene rings is 2. The lowest BCUT2D eigenvalue weighted by Crippen LogP contribution is -2.13. The minimum Gasteiger partial charge on any atom is -0.355 e. The fraction of sp³-hybridized carbons (Fsp3) is 0.0952. The van der Waals surface area contributed by atoms with Gasteiger partial charge in [0.25, 0.3) is 5.91 Å². The number of amides is 1. The highest BCUT2D eigenvalue weighted by molar-refractivity contribution is 6.33. The van der Waals surface area contributed by atoms with E-state index in [4.69, 9.17) is 27.7 Å². The second kappa shape index (κ2) is 8.30. The Hall–Kier alpha value is -3.16. The second-order valence-electron chi connectivity index (χ2n) is 6.62. The van der Waals surface area contributed by atoms with Crippen LogP contribution in [0.4, 0.5) is 10.2 Å². The number of hydrogen-bond acceptors (Lipinski definition) is 4. The van der Waals surface area contributed by atoms with Gasteiger partial charge >= 0.3 is 0 Å². The number of hydrogen-bond donors (Lipinski definition) is 1. The summed E-state index contributed by atoms with van der Waals surface area (Å²) in [7, 11) is 0. The van der Waals surface area contributed by atoms with Gasteiger partial charge in [-0.25, -0.2) is 4.39 Å². The van der Waals surface area contributed by atoms with Crippen LogP contribution in [0.15, 0.2) is 59.3 Å². The lowest BCUT2D eigenvalue weighted by molar-refractivity contribution is 0.101. The third kappa shape index (κ3) is 4.22. The molecule has 4 rings (SSSR count). The molecular weight excluding hydrogens is 430 g/mol. The number of carbonyl (C=O) groups is 1. The first kappa shape index (κ1) is 20.1. The van der Waals surface area contributed by atoms with E-state index < -0.39 is 11.7 Å². The number of halogens is 3. The Kier molecular flexibility index (Phi) is 5.57. The number of nitrogens with one attached hydrogen (secondary N) is 1. The van der Waals surface area contributed by atoms with Crippen molar-refractivity contribution in [1.82, 2.24) is 14.9 Å². The molecule has 0 radical (unpaired) electrons. The van der Waals surface area contributed by atoms with Crippen molar-refractivity contribution in [3.05, 3.63) is 87.4 Å². The minimum absolute atomic E-state index is 0.0582. The molecule has 2 heterocycles. The highest BCUT2D eigenvalue weighted by Crippen LogP contribution is 2.25. The second-order valence-corrected chi connectivity index (χ2v) is 7.43. The zero-order chi connectivity index (χ0) is 21.3. The summed E-state index contributed by atoms with van der Waals surface area (Å²) in [5.74, 6) is -0.404. The van der Waals surface area contributed by atoms with E-state index in [9.17, 15) is 9.18 Å². The Balaban J connectivity index is 1.50. The van der Waals surface area contributed by atoms with E-state index in [1.165, 1.54) is 29.1 Å². The van der Waals surface area contributed by atoms with E-state index >= 15 is 0 Å². The Morgan fingerprint density at radius 1 is 1.17 bits per heavy atom. The number of aromatic nitrogens is 3. The largest absolute Gasteiger partial charge is 0.355 e. The van der Waals surface area contributed by atoms with Crippen molar-refractivity contribution in [2.45, 2.75) is 13.5 Å². The van der Waals surface area contributed by atoms with E-state index in [1.807, 2.05) is 31.2 Å². The molecule has 4 aromatic rings. The lowest BCUT2D eigenvalue weighted by Gasteiger charge is -2.05. The van der Waals surface area contributed by atoms with Gasteiger partial charge in [0.15, 0.2) is 17.3 Å². The maximum Gasteiger partial charge on any atom is 0.279 e. The standard InChI is InChI=1S/C21H15Cl2FN4O2/c1-12-5-7-13(8-6-12)19-9-18(27-30-19)21(29)25-20-16(23)11-28(26-20)10-14-15(22)3-2-4-17(14)24/h2-9,11H,10H2,1H3,(H,25,26,29). The van der Waals surface area contributed by atoms with Gasteiger partial charge in [-0.1, -0.05) is 64.3 Å². The van der Waals surface area contributed by atoms with Gasteiger partial charge in [0.2, 0.25) is 0 Å². The molecule has 2 aromatic carbocycles. The normalized spacial score (nSPS) is 10.9. The van der Waals surface area contributed by atoms with E-state index in [-0.39, 0.29) is 33.7 Å². The van der Waals surface area contributed by atoms with Gasteiger partial charge in [-0.2, -0.15) is 5.10 Å². The van der Waals surface area contributed by atoms with Gasteiger partial charge in [0, 0.05) is 28.4 Å². The third-order valence-electron chi connectivity index (χ3n) is 4.41. The summed E-state index contributed by atoms with van der Waals surface area (Å²) in [6.07, 6.45) is 1.47. The molecule has 152 valence electrons. The number of nitrogens with zero attached hydrogens (tertiary/aromatic N) is 3. The Morgan fingerprint density at radius 2 is 1.93 bits per heavy atom. The van der Waals surface area contributed by atoms with Crippen molar-refractivity contribution in [3.63, 3.8) is 0 Å². The van der Waals surface area contributed by atoms with Crippen LogP contribution in [0.5, 0.6) is 0 Å². The van der Waals surface area contributed by atoms with Crippen LogP contribution in [0.2, 0.25) is 10.0 Å². The lowest BCUT2D eigenvalue weighted by atomic mass is 10.1. The molecule has 0 spiro atoms. The van der Waals surface area contributed by atoms with Gasteiger partial charge < -0.3 is 9.84 Å². The molecule has 0 aliphatic rings. The third-order valence-corrected chi connectivity index (χ3v) is 5.04. The van der Waals surface area contributed by atoms with Gasteiger partial charge in [-0.05, 0) is 19.1 Å². The monoisotopic (exact) mass is 444 g/mol. The van der Waals surface area contributed by atoms with Gasteiger partial charge in [0.05, 0.1) is 6.54 Å². The maximum atomic E-state index is 14.0. The summed E-state index contributed by atoms with van der Waals surface area (Å²) in [6, 6.07) is 13.6. The molecule has 0 aliphatic heterocycles. The predicted octanol–water partition coefficient (Wildman–Crippen LogP) is 5.59. The van der Waals surface area contributed by atoms with Gasteiger partial charge in [-0.15, -0.1) is 0 Å². The predicted molar refractivity (Wildman–Crippen MR) is 112 cm³/mol. The number of anilines is 1. The quantitative estimate of drug-likeness (QED) is 0.435. The first-order valence-corrected chi connectivity index (χ1v) is 9.67. The van der Waals surface area contributed by atoms with Crippen LogP contribution in [0, 0.1) is 12.7 Å². The summed E-state index contributed by atoms with van der Waals surface area (Å²) in [5.41, 5.74) is 2.26. The number of carbonyl (C=O) groups excluding carboxylic acids is 1. The van der Waals surface area contributed by atoms with Crippen molar-refractivity contribution in [1.29, 1.82) is 0 Å². The summed E-state index contributed by atoms with van der Waals surface area (Å²) in [4.78, 5) is 12.5. The summed E-state index contributed by atoms with van der Waals surface area (Å²) < 4.78 is 20.6. The molecule has 0 saturated heterocycles. The van der Waals surface area contributed by atoms with Gasteiger partial charge in [-0.3, -0.25) is 9.48 Å². The molecule has 30 heavy (non-hydrogen) atoms. The first-order chi connectivity index (χ1) is 14.4. The minimum atomic E-state index is -0.534. The summed E-state index contributed by atoms with van der Waals surface area (Å²) >= 11 is 12.2. The SMILES string of the molecule is Cc1ccc(-c2cc(C(=O)Nc3nn(Cc4c(F)cccc4Cl)cc3Cl)no2)cc1. The average molecular weight is 445 g/mol. The summed E-state index contributed by atoms with van der Waals surface area (Å²) in [6.45, 7) is 2.04. The van der Waals surface area contributed by atoms with Crippen LogP contribution >= 0.6 is 23.2 Å². The molecule has 0 saturated carbocycles. The molecule has 0 atom stereocenters. The first-order valence-electron chi connectivity index (χ1n) is 8.91. The van der Waals surface area contributed by atoms with E-state index in [2.05, 4.69) is 15.6 Å². The van der Waals surface area contributed by atoms with Crippen LogP contribution in [-0.2, 0) is 6.54 Å². The van der Waals surface area contributed by atoms with Crippen LogP contribution < -0.4 is 5.32 Å². The smallest absolute Gasteiger partial charge is 0.279 e. The molecule has 0 fully saturated rings. The molecule has 1 N–H and O–H groups in total. The van der Waals surface area contributed by atoms with Crippen LogP contribution in [0.1, 0.15) is 21.6 Å².